The molecule has 0 N–H and O–H groups in total. The second-order valence-electron chi connectivity index (χ2n) is 1.41. The molecule has 0 rings (SSSR count). The minimum atomic E-state index is 0. The first-order valence-corrected chi connectivity index (χ1v) is 4.15. The molecule has 0 radical (unpaired) electrons. The predicted molar refractivity (Wildman–Crippen MR) is 45.0 cm³/mol. The van der Waals surface area contributed by atoms with Crippen LogP contribution in [0.25, 0.3) is 0 Å². The van der Waals surface area contributed by atoms with Crippen LogP contribution in [-0.4, -0.2) is 11.5 Å². The van der Waals surface area contributed by atoms with Crippen molar-refractivity contribution in [3.05, 3.63) is 0 Å². The fourth-order valence-electron chi connectivity index (χ4n) is 0. The van der Waals surface area contributed by atoms with Crippen LogP contribution in [0.4, 0.5) is 0 Å². The van der Waals surface area contributed by atoms with Crippen LogP contribution in [-0.2, 0) is 44.7 Å². The van der Waals surface area contributed by atoms with Gasteiger partial charge in [-0.3, -0.25) is 0 Å². The molecule has 9 heavy (non-hydrogen) atoms. The Morgan fingerprint density at radius 3 is 1.00 bits per heavy atom. The van der Waals surface area contributed by atoms with Gasteiger partial charge in [0.2, 0.25) is 0 Å². The summed E-state index contributed by atoms with van der Waals surface area (Å²) in [5.41, 5.74) is 0. The van der Waals surface area contributed by atoms with Crippen molar-refractivity contribution in [1.82, 2.24) is 0 Å². The van der Waals surface area contributed by atoms with E-state index in [0.29, 0.717) is 0 Å². The molecule has 0 spiro atoms. The van der Waals surface area contributed by atoms with Gasteiger partial charge in [0.05, 0.1) is 0 Å². The van der Waals surface area contributed by atoms with Crippen molar-refractivity contribution in [2.24, 2.45) is 0 Å². The SMILES string of the molecule is CCC[S-].CCC[S-].[Zn+2]. The van der Waals surface area contributed by atoms with E-state index in [1.807, 2.05) is 0 Å². The summed E-state index contributed by atoms with van der Waals surface area (Å²) in [6.07, 6.45) is 2.27. The molecule has 0 saturated heterocycles. The molecular formula is C6H14S2Zn. The Bertz CT molecular complexity index is 19.0. The summed E-state index contributed by atoms with van der Waals surface area (Å²) in [4.78, 5) is 0. The van der Waals surface area contributed by atoms with E-state index in [0.717, 1.165) is 24.3 Å². The second-order valence-corrected chi connectivity index (χ2v) is 2.22. The molecule has 3 heteroatoms. The number of hydrogen-bond acceptors (Lipinski definition) is 2. The van der Waals surface area contributed by atoms with Crippen LogP contribution in [0.3, 0.4) is 0 Å². The average molecular weight is 216 g/mol. The Morgan fingerprint density at radius 2 is 1.00 bits per heavy atom. The normalized spacial score (nSPS) is 6.67. The zero-order chi connectivity index (χ0) is 6.83. The number of rotatable bonds is 2. The third-order valence-electron chi connectivity index (χ3n) is 0.408. The molecule has 0 aliphatic heterocycles. The topological polar surface area (TPSA) is 0 Å². The summed E-state index contributed by atoms with van der Waals surface area (Å²) in [6, 6.07) is 0. The van der Waals surface area contributed by atoms with Crippen molar-refractivity contribution in [2.45, 2.75) is 26.7 Å². The van der Waals surface area contributed by atoms with Crippen molar-refractivity contribution in [3.63, 3.8) is 0 Å². The monoisotopic (exact) mass is 214 g/mol. The average Bonchev–Trinajstić information content (AvgIpc) is 1.88. The fourth-order valence-corrected chi connectivity index (χ4v) is 0. The molecule has 0 heterocycles. The van der Waals surface area contributed by atoms with Crippen LogP contribution in [0.5, 0.6) is 0 Å². The van der Waals surface area contributed by atoms with Gasteiger partial charge in [0, 0.05) is 0 Å². The predicted octanol–water partition coefficient (Wildman–Crippen LogP) is 1.88. The minimum Gasteiger partial charge on any atom is -0.793 e. The smallest absolute Gasteiger partial charge is 0.793 e. The van der Waals surface area contributed by atoms with E-state index in [2.05, 4.69) is 39.1 Å². The molecule has 0 unspecified atom stereocenters. The quantitative estimate of drug-likeness (QED) is 0.510. The van der Waals surface area contributed by atoms with E-state index in [1.54, 1.807) is 0 Å². The maximum atomic E-state index is 4.55. The van der Waals surface area contributed by atoms with Crippen molar-refractivity contribution < 1.29 is 19.5 Å². The Morgan fingerprint density at radius 1 is 0.889 bits per heavy atom. The molecule has 52 valence electrons. The molecule has 0 aromatic rings. The van der Waals surface area contributed by atoms with Gasteiger partial charge >= 0.3 is 19.5 Å². The number of hydrogen-bond donors (Lipinski definition) is 0. The second kappa shape index (κ2) is 22.8. The molecule has 0 aromatic carbocycles. The van der Waals surface area contributed by atoms with Gasteiger partial charge in [0.1, 0.15) is 0 Å². The Balaban J connectivity index is -0.0000000720. The molecule has 0 aromatic heterocycles. The van der Waals surface area contributed by atoms with Gasteiger partial charge in [-0.25, -0.2) is 0 Å². The van der Waals surface area contributed by atoms with Gasteiger partial charge < -0.3 is 25.3 Å². The van der Waals surface area contributed by atoms with Crippen LogP contribution in [0.2, 0.25) is 0 Å². The zero-order valence-electron chi connectivity index (χ0n) is 6.35. The standard InChI is InChI=1S/2C3H8S.Zn/c2*1-2-3-4;/h2*4H,2-3H2,1H3;/q;;+2/p-2. The van der Waals surface area contributed by atoms with E-state index >= 15 is 0 Å². The molecule has 0 saturated carbocycles. The molecule has 0 amide bonds. The Labute approximate surface area is 82.8 Å². The van der Waals surface area contributed by atoms with Gasteiger partial charge in [-0.2, -0.15) is 11.5 Å². The molecule has 0 nitrogen and oxygen atoms in total. The van der Waals surface area contributed by atoms with E-state index in [4.69, 9.17) is 0 Å². The maximum absolute atomic E-state index is 4.55. The molecule has 0 aliphatic rings. The summed E-state index contributed by atoms with van der Waals surface area (Å²) in [6.45, 7) is 4.15. The first-order valence-electron chi connectivity index (χ1n) is 2.99. The van der Waals surface area contributed by atoms with Crippen LogP contribution in [0, 0.1) is 0 Å². The van der Waals surface area contributed by atoms with Gasteiger partial charge in [-0.1, -0.05) is 26.7 Å². The summed E-state index contributed by atoms with van der Waals surface area (Å²) in [5.74, 6) is 1.81. The van der Waals surface area contributed by atoms with Crippen molar-refractivity contribution in [1.29, 1.82) is 0 Å². The van der Waals surface area contributed by atoms with Gasteiger partial charge in [0.15, 0.2) is 0 Å². The van der Waals surface area contributed by atoms with E-state index in [9.17, 15) is 0 Å². The Hall–Kier alpha value is 1.32. The van der Waals surface area contributed by atoms with Crippen LogP contribution in [0.15, 0.2) is 0 Å². The summed E-state index contributed by atoms with van der Waals surface area (Å²) >= 11 is 9.11. The van der Waals surface area contributed by atoms with Gasteiger partial charge in [-0.15, -0.1) is 0 Å². The van der Waals surface area contributed by atoms with E-state index in [1.165, 1.54) is 0 Å². The molecule has 0 bridgehead atoms. The van der Waals surface area contributed by atoms with Crippen molar-refractivity contribution in [2.75, 3.05) is 11.5 Å². The van der Waals surface area contributed by atoms with E-state index in [-0.39, 0.29) is 19.5 Å². The van der Waals surface area contributed by atoms with Crippen LogP contribution < -0.4 is 0 Å². The molecular weight excluding hydrogens is 202 g/mol. The van der Waals surface area contributed by atoms with Crippen LogP contribution >= 0.6 is 0 Å². The first-order chi connectivity index (χ1) is 3.83. The third-order valence-corrected chi connectivity index (χ3v) is 1.22. The van der Waals surface area contributed by atoms with Gasteiger partial charge in [-0.05, 0) is 0 Å². The molecule has 0 aliphatic carbocycles. The zero-order valence-corrected chi connectivity index (χ0v) is 11.0. The van der Waals surface area contributed by atoms with E-state index < -0.39 is 0 Å². The van der Waals surface area contributed by atoms with Crippen molar-refractivity contribution in [3.8, 4) is 0 Å². The maximum Gasteiger partial charge on any atom is 2.00 e. The summed E-state index contributed by atoms with van der Waals surface area (Å²) in [7, 11) is 0. The van der Waals surface area contributed by atoms with Crippen LogP contribution in [0.1, 0.15) is 26.7 Å². The minimum absolute atomic E-state index is 0. The Kier molecular flexibility index (Phi) is 42.4. The third kappa shape index (κ3) is 45.3. The van der Waals surface area contributed by atoms with Gasteiger partial charge in [0.25, 0.3) is 0 Å². The first kappa shape index (κ1) is 16.7. The van der Waals surface area contributed by atoms with Crippen molar-refractivity contribution >= 4 is 25.3 Å². The summed E-state index contributed by atoms with van der Waals surface area (Å²) in [5, 5.41) is 0. The molecule has 0 fully saturated rings. The molecule has 0 atom stereocenters. The largest absolute Gasteiger partial charge is 2.00 e. The fraction of sp³-hybridized carbons (Fsp3) is 1.00. The summed E-state index contributed by atoms with van der Waals surface area (Å²) < 4.78 is 0.